The zero-order chi connectivity index (χ0) is 30.9. The monoisotopic (exact) mass is 592 g/mol. The number of hydrogen-bond donors (Lipinski definition) is 0. The predicted octanol–water partition coefficient (Wildman–Crippen LogP) is 8.27. The Morgan fingerprint density at radius 3 is 2.25 bits per heavy atom. The molecule has 0 atom stereocenters. The van der Waals surface area contributed by atoms with Crippen molar-refractivity contribution in [3.05, 3.63) is 126 Å². The van der Waals surface area contributed by atoms with Crippen LogP contribution in [-0.2, 0) is 29.1 Å². The van der Waals surface area contributed by atoms with Crippen molar-refractivity contribution in [1.29, 1.82) is 0 Å². The molecule has 0 saturated carbocycles. The second kappa shape index (κ2) is 14.5. The largest absolute Gasteiger partial charge is 0.491 e. The molecule has 0 aliphatic carbocycles. The zero-order valence-corrected chi connectivity index (χ0v) is 25.3. The fraction of sp³-hybridized carbons (Fsp3) is 0.243. The minimum Gasteiger partial charge on any atom is -0.491 e. The SMILES string of the molecule is CCOC(=O)CCc1ccc(OCc2ccc(Cn3nc(-c4ccccc4)cc3-c3ccccc3)c(OC(C)C)c2)cc1F. The first kappa shape index (κ1) is 30.5. The van der Waals surface area contributed by atoms with Gasteiger partial charge < -0.3 is 14.2 Å². The summed E-state index contributed by atoms with van der Waals surface area (Å²) in [7, 11) is 0. The minimum atomic E-state index is -0.408. The second-order valence-corrected chi connectivity index (χ2v) is 10.8. The maximum Gasteiger partial charge on any atom is 0.306 e. The number of benzene rings is 4. The van der Waals surface area contributed by atoms with Crippen molar-refractivity contribution in [2.24, 2.45) is 0 Å². The molecule has 0 radical (unpaired) electrons. The molecule has 5 rings (SSSR count). The maximum absolute atomic E-state index is 14.7. The molecule has 6 nitrogen and oxygen atoms in total. The number of carbonyl (C=O) groups excluding carboxylic acids is 1. The van der Waals surface area contributed by atoms with E-state index in [1.807, 2.05) is 73.1 Å². The van der Waals surface area contributed by atoms with Gasteiger partial charge in [0.2, 0.25) is 0 Å². The summed E-state index contributed by atoms with van der Waals surface area (Å²) >= 11 is 0. The summed E-state index contributed by atoms with van der Waals surface area (Å²) in [5.41, 5.74) is 6.38. The number of hydrogen-bond acceptors (Lipinski definition) is 5. The van der Waals surface area contributed by atoms with Gasteiger partial charge in [0.05, 0.1) is 30.6 Å². The summed E-state index contributed by atoms with van der Waals surface area (Å²) in [6.07, 6.45) is 0.374. The highest BCUT2D eigenvalue weighted by atomic mass is 19.1. The fourth-order valence-corrected chi connectivity index (χ4v) is 4.93. The molecule has 0 unspecified atom stereocenters. The van der Waals surface area contributed by atoms with Gasteiger partial charge in [0.25, 0.3) is 0 Å². The van der Waals surface area contributed by atoms with Gasteiger partial charge in [-0.3, -0.25) is 9.48 Å². The third-order valence-corrected chi connectivity index (χ3v) is 7.07. The number of nitrogens with zero attached hydrogens (tertiary/aromatic N) is 2. The van der Waals surface area contributed by atoms with Crippen molar-refractivity contribution in [1.82, 2.24) is 9.78 Å². The number of carbonyl (C=O) groups is 1. The van der Waals surface area contributed by atoms with Gasteiger partial charge in [0.1, 0.15) is 23.9 Å². The van der Waals surface area contributed by atoms with Crippen LogP contribution >= 0.6 is 0 Å². The molecule has 4 aromatic carbocycles. The molecular formula is C37H37FN2O4. The zero-order valence-electron chi connectivity index (χ0n) is 25.3. The Morgan fingerprint density at radius 2 is 1.57 bits per heavy atom. The second-order valence-electron chi connectivity index (χ2n) is 10.8. The van der Waals surface area contributed by atoms with Crippen molar-refractivity contribution in [3.63, 3.8) is 0 Å². The van der Waals surface area contributed by atoms with Gasteiger partial charge >= 0.3 is 5.97 Å². The third kappa shape index (κ3) is 7.92. The molecular weight excluding hydrogens is 555 g/mol. The third-order valence-electron chi connectivity index (χ3n) is 7.07. The van der Waals surface area contributed by atoms with Gasteiger partial charge in [0.15, 0.2) is 0 Å². The molecule has 0 spiro atoms. The topological polar surface area (TPSA) is 62.6 Å². The van der Waals surface area contributed by atoms with Gasteiger partial charge in [-0.25, -0.2) is 4.39 Å². The lowest BCUT2D eigenvalue weighted by Crippen LogP contribution is -2.11. The normalized spacial score (nSPS) is 11.0. The van der Waals surface area contributed by atoms with Crippen molar-refractivity contribution in [2.75, 3.05) is 6.61 Å². The van der Waals surface area contributed by atoms with Gasteiger partial charge in [-0.05, 0) is 62.1 Å². The summed E-state index contributed by atoms with van der Waals surface area (Å²) in [5.74, 6) is 0.414. The number of aromatic nitrogens is 2. The molecule has 0 aliphatic heterocycles. The van der Waals surface area contributed by atoms with E-state index >= 15 is 0 Å². The van der Waals surface area contributed by atoms with Crippen LogP contribution in [0.3, 0.4) is 0 Å². The molecule has 7 heteroatoms. The quantitative estimate of drug-likeness (QED) is 0.129. The van der Waals surface area contributed by atoms with Crippen LogP contribution in [0.25, 0.3) is 22.5 Å². The van der Waals surface area contributed by atoms with Gasteiger partial charge in [-0.2, -0.15) is 5.10 Å². The number of aryl methyl sites for hydroxylation is 1. The average molecular weight is 593 g/mol. The standard InChI is InChI=1S/C37H37FN2O4/c1-4-42-37(41)20-18-28-17-19-32(22-33(28)38)43-25-27-15-16-31(36(21-27)44-26(2)3)24-40-35(30-13-9-6-10-14-30)23-34(39-40)29-11-7-5-8-12-29/h5-17,19,21-23,26H,4,18,20,24-25H2,1-3H3. The highest BCUT2D eigenvalue weighted by molar-refractivity contribution is 5.70. The molecule has 1 heterocycles. The van der Waals surface area contributed by atoms with Gasteiger partial charge in [0, 0.05) is 23.6 Å². The Labute approximate surface area is 258 Å². The van der Waals surface area contributed by atoms with E-state index in [2.05, 4.69) is 30.3 Å². The lowest BCUT2D eigenvalue weighted by Gasteiger charge is -2.17. The summed E-state index contributed by atoms with van der Waals surface area (Å²) in [4.78, 5) is 11.6. The predicted molar refractivity (Wildman–Crippen MR) is 170 cm³/mol. The first-order chi connectivity index (χ1) is 21.4. The van der Waals surface area contributed by atoms with Crippen molar-refractivity contribution in [2.45, 2.75) is 52.9 Å². The summed E-state index contributed by atoms with van der Waals surface area (Å²) < 4.78 is 33.8. The average Bonchev–Trinajstić information content (AvgIpc) is 3.45. The van der Waals surface area contributed by atoms with Gasteiger partial charge in [-0.15, -0.1) is 0 Å². The Kier molecular flexibility index (Phi) is 10.1. The van der Waals surface area contributed by atoms with Crippen LogP contribution in [0.2, 0.25) is 0 Å². The molecule has 0 amide bonds. The van der Waals surface area contributed by atoms with E-state index in [1.165, 1.54) is 6.07 Å². The van der Waals surface area contributed by atoms with E-state index < -0.39 is 5.82 Å². The summed E-state index contributed by atoms with van der Waals surface area (Å²) in [5, 5.41) is 4.99. The minimum absolute atomic E-state index is 0.0349. The molecule has 0 N–H and O–H groups in total. The summed E-state index contributed by atoms with van der Waals surface area (Å²) in [6.45, 7) is 6.81. The Morgan fingerprint density at radius 1 is 0.864 bits per heavy atom. The molecule has 1 aromatic heterocycles. The van der Waals surface area contributed by atoms with E-state index in [0.29, 0.717) is 24.5 Å². The van der Waals surface area contributed by atoms with E-state index in [-0.39, 0.29) is 31.5 Å². The van der Waals surface area contributed by atoms with E-state index in [0.717, 1.165) is 39.4 Å². The fourth-order valence-electron chi connectivity index (χ4n) is 4.93. The van der Waals surface area contributed by atoms with Crippen molar-refractivity contribution < 1.29 is 23.4 Å². The highest BCUT2D eigenvalue weighted by Crippen LogP contribution is 2.30. The van der Waals surface area contributed by atoms with Crippen molar-refractivity contribution >= 4 is 5.97 Å². The number of esters is 1. The first-order valence-corrected chi connectivity index (χ1v) is 14.9. The lowest BCUT2D eigenvalue weighted by molar-refractivity contribution is -0.143. The van der Waals surface area contributed by atoms with Crippen molar-refractivity contribution in [3.8, 4) is 34.0 Å². The van der Waals surface area contributed by atoms with Crippen LogP contribution in [0.5, 0.6) is 11.5 Å². The number of ether oxygens (including phenoxy) is 3. The summed E-state index contributed by atoms with van der Waals surface area (Å²) in [6, 6.07) is 33.2. The Balaban J connectivity index is 1.35. The van der Waals surface area contributed by atoms with E-state index in [4.69, 9.17) is 19.3 Å². The maximum atomic E-state index is 14.7. The highest BCUT2D eigenvalue weighted by Gasteiger charge is 2.16. The Bertz CT molecular complexity index is 1680. The van der Waals surface area contributed by atoms with Crippen LogP contribution in [-0.4, -0.2) is 28.5 Å². The Hall–Kier alpha value is -4.91. The first-order valence-electron chi connectivity index (χ1n) is 14.9. The molecule has 226 valence electrons. The lowest BCUT2D eigenvalue weighted by atomic mass is 10.1. The van der Waals surface area contributed by atoms with E-state index in [1.54, 1.807) is 19.1 Å². The molecule has 0 saturated heterocycles. The van der Waals surface area contributed by atoms with E-state index in [9.17, 15) is 9.18 Å². The van der Waals surface area contributed by atoms with Gasteiger partial charge in [-0.1, -0.05) is 78.9 Å². The molecule has 0 bridgehead atoms. The van der Waals surface area contributed by atoms with Crippen LogP contribution in [0.15, 0.2) is 103 Å². The molecule has 44 heavy (non-hydrogen) atoms. The smallest absolute Gasteiger partial charge is 0.306 e. The van der Waals surface area contributed by atoms with Crippen LogP contribution in [0.4, 0.5) is 4.39 Å². The van der Waals surface area contributed by atoms with Crippen LogP contribution < -0.4 is 9.47 Å². The molecule has 0 aliphatic rings. The van der Waals surface area contributed by atoms with Crippen LogP contribution in [0.1, 0.15) is 43.9 Å². The molecule has 5 aromatic rings. The number of halogens is 1. The number of rotatable bonds is 13. The van der Waals surface area contributed by atoms with Crippen LogP contribution in [0, 0.1) is 5.82 Å². The molecule has 0 fully saturated rings.